The minimum atomic E-state index is -0.763. The second-order valence-corrected chi connectivity index (χ2v) is 22.1. The summed E-state index contributed by atoms with van der Waals surface area (Å²) >= 11 is 0. The summed E-state index contributed by atoms with van der Waals surface area (Å²) in [5.41, 5.74) is 0. The topological polar surface area (TPSA) is 78.9 Å². The first-order chi connectivity index (χ1) is 33.3. The number of carbonyl (C=O) groups is 3. The fourth-order valence-electron chi connectivity index (χ4n) is 9.55. The normalized spacial score (nSPS) is 12.4. The number of rotatable bonds is 56. The Morgan fingerprint density at radius 2 is 0.559 bits per heavy atom. The highest BCUT2D eigenvalue weighted by Crippen LogP contribution is 2.19. The van der Waals surface area contributed by atoms with Gasteiger partial charge in [-0.15, -0.1) is 0 Å². The van der Waals surface area contributed by atoms with Crippen LogP contribution in [0.2, 0.25) is 0 Å². The average molecular weight is 962 g/mol. The van der Waals surface area contributed by atoms with Crippen LogP contribution in [0.3, 0.4) is 0 Å². The van der Waals surface area contributed by atoms with Gasteiger partial charge >= 0.3 is 17.9 Å². The van der Waals surface area contributed by atoms with Crippen molar-refractivity contribution >= 4 is 17.9 Å². The van der Waals surface area contributed by atoms with Crippen LogP contribution < -0.4 is 0 Å². The van der Waals surface area contributed by atoms with Gasteiger partial charge in [-0.3, -0.25) is 14.4 Å². The first-order valence-corrected chi connectivity index (χ1v) is 30.8. The maximum atomic E-state index is 12.9. The molecule has 0 saturated heterocycles. The number of ether oxygens (including phenoxy) is 3. The Morgan fingerprint density at radius 3 is 0.838 bits per heavy atom. The van der Waals surface area contributed by atoms with Crippen LogP contribution in [0.5, 0.6) is 0 Å². The molecule has 0 rings (SSSR count). The van der Waals surface area contributed by atoms with Crippen molar-refractivity contribution in [3.05, 3.63) is 0 Å². The molecule has 6 nitrogen and oxygen atoms in total. The highest BCUT2D eigenvalue weighted by molar-refractivity contribution is 5.71. The fraction of sp³-hybridized carbons (Fsp3) is 0.952. The SMILES string of the molecule is CCCCCCCCCCCCCCCCCC(=O)OC[C@@H](COC(=O)CCCCCCCCCCCCCCCCC(C)CC)OC(=O)CCCCCCCCCCCCCCCCC(C)C. The summed E-state index contributed by atoms with van der Waals surface area (Å²) in [5.74, 6) is 0.905. The van der Waals surface area contributed by atoms with Gasteiger partial charge in [-0.05, 0) is 31.1 Å². The van der Waals surface area contributed by atoms with Crippen molar-refractivity contribution in [1.82, 2.24) is 0 Å². The van der Waals surface area contributed by atoms with Crippen molar-refractivity contribution in [3.8, 4) is 0 Å². The molecule has 0 spiro atoms. The van der Waals surface area contributed by atoms with Crippen LogP contribution in [-0.4, -0.2) is 37.2 Å². The Morgan fingerprint density at radius 1 is 0.309 bits per heavy atom. The van der Waals surface area contributed by atoms with Crippen molar-refractivity contribution in [2.24, 2.45) is 11.8 Å². The molecular formula is C62H120O6. The molecule has 0 aliphatic carbocycles. The lowest BCUT2D eigenvalue weighted by Crippen LogP contribution is -2.30. The summed E-state index contributed by atoms with van der Waals surface area (Å²) in [4.78, 5) is 38.2. The number of hydrogen-bond acceptors (Lipinski definition) is 6. The number of hydrogen-bond donors (Lipinski definition) is 0. The molecule has 0 aromatic rings. The van der Waals surface area contributed by atoms with Gasteiger partial charge in [-0.1, -0.05) is 311 Å². The molecule has 0 bridgehead atoms. The predicted octanol–water partition coefficient (Wildman–Crippen LogP) is 20.4. The second-order valence-electron chi connectivity index (χ2n) is 22.1. The quantitative estimate of drug-likeness (QED) is 0.0343. The maximum Gasteiger partial charge on any atom is 0.306 e. The third-order valence-corrected chi connectivity index (χ3v) is 14.6. The largest absolute Gasteiger partial charge is 0.462 e. The van der Waals surface area contributed by atoms with Gasteiger partial charge in [0.1, 0.15) is 13.2 Å². The summed E-state index contributed by atoms with van der Waals surface area (Å²) < 4.78 is 16.9. The van der Waals surface area contributed by atoms with Crippen LogP contribution in [0.1, 0.15) is 349 Å². The standard InChI is InChI=1S/C62H120O6/c1-6-8-9-10-11-12-13-14-15-22-27-32-37-42-47-52-60(63)66-55-59(68-62(65)54-49-44-39-34-29-24-18-16-20-25-30-35-40-45-50-57(3)4)56-67-61(64)53-48-43-38-33-28-23-19-17-21-26-31-36-41-46-51-58(5)7-2/h57-59H,6-56H2,1-5H3/t58?,59-/m0/s1. The monoisotopic (exact) mass is 961 g/mol. The molecule has 404 valence electrons. The fourth-order valence-corrected chi connectivity index (χ4v) is 9.55. The van der Waals surface area contributed by atoms with E-state index < -0.39 is 6.10 Å². The van der Waals surface area contributed by atoms with Crippen molar-refractivity contribution in [3.63, 3.8) is 0 Å². The second kappa shape index (κ2) is 54.7. The summed E-state index contributed by atoms with van der Waals surface area (Å²) in [5, 5.41) is 0. The van der Waals surface area contributed by atoms with E-state index in [4.69, 9.17) is 14.2 Å². The number of carbonyl (C=O) groups excluding carboxylic acids is 3. The molecule has 0 aliphatic heterocycles. The third kappa shape index (κ3) is 53.8. The Balaban J connectivity index is 4.30. The summed E-state index contributed by atoms with van der Waals surface area (Å²) in [6, 6.07) is 0. The molecule has 0 saturated carbocycles. The van der Waals surface area contributed by atoms with Gasteiger partial charge in [0.25, 0.3) is 0 Å². The molecule has 0 aromatic carbocycles. The van der Waals surface area contributed by atoms with Crippen LogP contribution >= 0.6 is 0 Å². The highest BCUT2D eigenvalue weighted by Gasteiger charge is 2.19. The Bertz CT molecular complexity index is 1040. The molecule has 0 aromatic heterocycles. The van der Waals surface area contributed by atoms with E-state index in [2.05, 4.69) is 34.6 Å². The zero-order valence-electron chi connectivity index (χ0n) is 46.7. The van der Waals surface area contributed by atoms with E-state index in [1.807, 2.05) is 0 Å². The number of esters is 3. The first kappa shape index (κ1) is 66.4. The molecule has 1 unspecified atom stereocenters. The van der Waals surface area contributed by atoms with Crippen LogP contribution in [-0.2, 0) is 28.6 Å². The Labute approximate surface area is 425 Å². The minimum absolute atomic E-state index is 0.0621. The highest BCUT2D eigenvalue weighted by atomic mass is 16.6. The smallest absolute Gasteiger partial charge is 0.306 e. The molecule has 0 fully saturated rings. The summed E-state index contributed by atoms with van der Waals surface area (Å²) in [7, 11) is 0. The Kier molecular flexibility index (Phi) is 53.5. The molecule has 0 radical (unpaired) electrons. The molecule has 0 aliphatic rings. The molecular weight excluding hydrogens is 841 g/mol. The van der Waals surface area contributed by atoms with Crippen molar-refractivity contribution in [2.75, 3.05) is 13.2 Å². The van der Waals surface area contributed by atoms with Crippen molar-refractivity contribution in [1.29, 1.82) is 0 Å². The third-order valence-electron chi connectivity index (χ3n) is 14.6. The lowest BCUT2D eigenvalue weighted by Gasteiger charge is -2.18. The van der Waals surface area contributed by atoms with Gasteiger partial charge < -0.3 is 14.2 Å². The molecule has 0 heterocycles. The van der Waals surface area contributed by atoms with Crippen molar-refractivity contribution in [2.45, 2.75) is 355 Å². The van der Waals surface area contributed by atoms with E-state index in [0.717, 1.165) is 69.6 Å². The van der Waals surface area contributed by atoms with E-state index in [1.54, 1.807) is 0 Å². The van der Waals surface area contributed by atoms with E-state index in [-0.39, 0.29) is 31.1 Å². The van der Waals surface area contributed by atoms with Gasteiger partial charge in [0.2, 0.25) is 0 Å². The van der Waals surface area contributed by atoms with Crippen LogP contribution in [0.4, 0.5) is 0 Å². The molecule has 68 heavy (non-hydrogen) atoms. The van der Waals surface area contributed by atoms with Gasteiger partial charge in [-0.25, -0.2) is 0 Å². The van der Waals surface area contributed by atoms with Crippen LogP contribution in [0.15, 0.2) is 0 Å². The van der Waals surface area contributed by atoms with Crippen LogP contribution in [0, 0.1) is 11.8 Å². The molecule has 2 atom stereocenters. The predicted molar refractivity (Wildman–Crippen MR) is 293 cm³/mol. The van der Waals surface area contributed by atoms with Crippen molar-refractivity contribution < 1.29 is 28.6 Å². The molecule has 0 amide bonds. The van der Waals surface area contributed by atoms with Crippen LogP contribution in [0.25, 0.3) is 0 Å². The zero-order valence-corrected chi connectivity index (χ0v) is 46.7. The summed E-state index contributed by atoms with van der Waals surface area (Å²) in [6.45, 7) is 11.5. The average Bonchev–Trinajstić information content (AvgIpc) is 3.32. The van der Waals surface area contributed by atoms with Gasteiger partial charge in [0, 0.05) is 19.3 Å². The number of unbranched alkanes of at least 4 members (excludes halogenated alkanes) is 40. The van der Waals surface area contributed by atoms with Gasteiger partial charge in [-0.2, -0.15) is 0 Å². The van der Waals surface area contributed by atoms with Gasteiger partial charge in [0.15, 0.2) is 6.10 Å². The molecule has 6 heteroatoms. The van der Waals surface area contributed by atoms with E-state index >= 15 is 0 Å². The first-order valence-electron chi connectivity index (χ1n) is 30.8. The van der Waals surface area contributed by atoms with Gasteiger partial charge in [0.05, 0.1) is 0 Å². The van der Waals surface area contributed by atoms with E-state index in [9.17, 15) is 14.4 Å². The summed E-state index contributed by atoms with van der Waals surface area (Å²) in [6.07, 6.45) is 59.4. The van der Waals surface area contributed by atoms with E-state index in [1.165, 1.54) is 238 Å². The minimum Gasteiger partial charge on any atom is -0.462 e. The Hall–Kier alpha value is -1.59. The lowest BCUT2D eigenvalue weighted by molar-refractivity contribution is -0.167. The lowest BCUT2D eigenvalue weighted by atomic mass is 9.99. The van der Waals surface area contributed by atoms with E-state index in [0.29, 0.717) is 19.3 Å². The molecule has 0 N–H and O–H groups in total. The maximum absolute atomic E-state index is 12.9. The zero-order chi connectivity index (χ0) is 49.6.